The highest BCUT2D eigenvalue weighted by Gasteiger charge is 2.12. The van der Waals surface area contributed by atoms with Gasteiger partial charge in [0.25, 0.3) is 0 Å². The van der Waals surface area contributed by atoms with Crippen LogP contribution in [-0.2, 0) is 0 Å². The molecule has 3 nitrogen and oxygen atoms in total. The highest BCUT2D eigenvalue weighted by Crippen LogP contribution is 2.26. The van der Waals surface area contributed by atoms with E-state index in [1.165, 1.54) is 0 Å². The summed E-state index contributed by atoms with van der Waals surface area (Å²) in [6, 6.07) is 11.7. The molecule has 0 fully saturated rings. The van der Waals surface area contributed by atoms with Gasteiger partial charge in [-0.3, -0.25) is 0 Å². The van der Waals surface area contributed by atoms with Crippen molar-refractivity contribution in [1.29, 1.82) is 5.26 Å². The number of hydrogen-bond acceptors (Lipinski definition) is 3. The standard InChI is InChI=1S/C14H9BrN2O/c15-13-8-11(6-7-14(13)17-18)12(9-16)10-4-2-1-3-5-10/h1-8,18H/b12-11-,17-14-. The first-order valence-electron chi connectivity index (χ1n) is 5.23. The fourth-order valence-electron chi connectivity index (χ4n) is 1.64. The van der Waals surface area contributed by atoms with E-state index < -0.39 is 0 Å². The molecule has 1 aliphatic carbocycles. The SMILES string of the molecule is N#C/C(=C1C=C/C(=N/O)C(Br)=C\1)c1ccccc1. The highest BCUT2D eigenvalue weighted by atomic mass is 79.9. The van der Waals surface area contributed by atoms with Crippen LogP contribution in [0.3, 0.4) is 0 Å². The molecule has 0 amide bonds. The maximum atomic E-state index is 9.28. The predicted octanol–water partition coefficient (Wildman–Crippen LogP) is 3.64. The molecule has 0 saturated carbocycles. The van der Waals surface area contributed by atoms with Gasteiger partial charge in [-0.1, -0.05) is 41.6 Å². The zero-order chi connectivity index (χ0) is 13.0. The van der Waals surface area contributed by atoms with Crippen LogP contribution >= 0.6 is 15.9 Å². The molecule has 0 spiro atoms. The molecule has 0 heterocycles. The molecule has 1 aromatic rings. The van der Waals surface area contributed by atoms with Crippen molar-refractivity contribution in [2.75, 3.05) is 0 Å². The molecule has 1 aromatic carbocycles. The second-order valence-electron chi connectivity index (χ2n) is 3.62. The third-order valence-electron chi connectivity index (χ3n) is 2.52. The average molecular weight is 301 g/mol. The van der Waals surface area contributed by atoms with E-state index in [0.29, 0.717) is 15.8 Å². The smallest absolute Gasteiger partial charge is 0.116 e. The molecule has 88 valence electrons. The van der Waals surface area contributed by atoms with E-state index in [1.54, 1.807) is 18.2 Å². The molecular weight excluding hydrogens is 292 g/mol. The Morgan fingerprint density at radius 1 is 1.22 bits per heavy atom. The normalized spacial score (nSPS) is 19.3. The summed E-state index contributed by atoms with van der Waals surface area (Å²) in [5, 5.41) is 21.2. The summed E-state index contributed by atoms with van der Waals surface area (Å²) < 4.78 is 0.645. The molecule has 0 unspecified atom stereocenters. The summed E-state index contributed by atoms with van der Waals surface area (Å²) in [7, 11) is 0. The van der Waals surface area contributed by atoms with Crippen LogP contribution in [0.25, 0.3) is 5.57 Å². The summed E-state index contributed by atoms with van der Waals surface area (Å²) in [4.78, 5) is 0. The Kier molecular flexibility index (Phi) is 3.75. The molecule has 0 bridgehead atoms. The molecule has 0 radical (unpaired) electrons. The lowest BCUT2D eigenvalue weighted by atomic mass is 9.97. The van der Waals surface area contributed by atoms with Crippen molar-refractivity contribution in [3.8, 4) is 6.07 Å². The van der Waals surface area contributed by atoms with Gasteiger partial charge in [0.1, 0.15) is 11.8 Å². The van der Waals surface area contributed by atoms with E-state index in [4.69, 9.17) is 5.21 Å². The summed E-state index contributed by atoms with van der Waals surface area (Å²) in [6.45, 7) is 0. The molecule has 0 atom stereocenters. The Morgan fingerprint density at radius 2 is 1.94 bits per heavy atom. The van der Waals surface area contributed by atoms with E-state index in [2.05, 4.69) is 27.2 Å². The van der Waals surface area contributed by atoms with Gasteiger partial charge in [0, 0.05) is 4.48 Å². The molecule has 18 heavy (non-hydrogen) atoms. The molecule has 1 N–H and O–H groups in total. The van der Waals surface area contributed by atoms with Gasteiger partial charge in [-0.15, -0.1) is 0 Å². The Morgan fingerprint density at radius 3 is 2.50 bits per heavy atom. The van der Waals surface area contributed by atoms with Crippen molar-refractivity contribution in [2.45, 2.75) is 0 Å². The molecule has 2 rings (SSSR count). The zero-order valence-corrected chi connectivity index (χ0v) is 10.9. The first-order valence-corrected chi connectivity index (χ1v) is 6.03. The van der Waals surface area contributed by atoms with Gasteiger partial charge in [0.05, 0.1) is 5.57 Å². The van der Waals surface area contributed by atoms with Gasteiger partial charge in [-0.2, -0.15) is 5.26 Å². The number of rotatable bonds is 1. The lowest BCUT2D eigenvalue weighted by Crippen LogP contribution is -2.00. The van der Waals surface area contributed by atoms with Crippen molar-refractivity contribution in [1.82, 2.24) is 0 Å². The third kappa shape index (κ3) is 2.41. The largest absolute Gasteiger partial charge is 0.410 e. The van der Waals surface area contributed by atoms with Crippen molar-refractivity contribution < 1.29 is 5.21 Å². The van der Waals surface area contributed by atoms with E-state index in [1.807, 2.05) is 30.3 Å². The third-order valence-corrected chi connectivity index (χ3v) is 3.15. The fraction of sp³-hybridized carbons (Fsp3) is 0. The Balaban J connectivity index is 2.52. The van der Waals surface area contributed by atoms with Crippen LogP contribution in [0, 0.1) is 11.3 Å². The molecule has 0 aromatic heterocycles. The van der Waals surface area contributed by atoms with E-state index >= 15 is 0 Å². The second-order valence-corrected chi connectivity index (χ2v) is 4.47. The van der Waals surface area contributed by atoms with Crippen LogP contribution < -0.4 is 0 Å². The van der Waals surface area contributed by atoms with Gasteiger partial charge in [-0.05, 0) is 39.2 Å². The van der Waals surface area contributed by atoms with Crippen LogP contribution in [0.5, 0.6) is 0 Å². The van der Waals surface area contributed by atoms with Crippen LogP contribution in [0.1, 0.15) is 5.56 Å². The summed E-state index contributed by atoms with van der Waals surface area (Å²) in [5.74, 6) is 0. The van der Waals surface area contributed by atoms with Crippen molar-refractivity contribution in [2.24, 2.45) is 5.16 Å². The molecule has 0 saturated heterocycles. The van der Waals surface area contributed by atoms with Gasteiger partial charge in [0.15, 0.2) is 0 Å². The number of halogens is 1. The van der Waals surface area contributed by atoms with Gasteiger partial charge in [0.2, 0.25) is 0 Å². The minimum absolute atomic E-state index is 0.434. The summed E-state index contributed by atoms with van der Waals surface area (Å²) in [5.41, 5.74) is 2.66. The minimum Gasteiger partial charge on any atom is -0.410 e. The number of hydrogen-bond donors (Lipinski definition) is 1. The van der Waals surface area contributed by atoms with Crippen molar-refractivity contribution >= 4 is 27.2 Å². The number of nitriles is 1. The average Bonchev–Trinajstić information content (AvgIpc) is 2.41. The lowest BCUT2D eigenvalue weighted by Gasteiger charge is -2.08. The van der Waals surface area contributed by atoms with E-state index in [9.17, 15) is 5.26 Å². The quantitative estimate of drug-likeness (QED) is 0.489. The van der Waals surface area contributed by atoms with E-state index in [-0.39, 0.29) is 0 Å². The fourth-order valence-corrected chi connectivity index (χ4v) is 2.10. The topological polar surface area (TPSA) is 56.4 Å². The van der Waals surface area contributed by atoms with Crippen molar-refractivity contribution in [3.63, 3.8) is 0 Å². The van der Waals surface area contributed by atoms with Crippen LogP contribution in [-0.4, -0.2) is 10.9 Å². The number of benzene rings is 1. The summed E-state index contributed by atoms with van der Waals surface area (Å²) in [6.07, 6.45) is 5.17. The Hall–Kier alpha value is -2.12. The first kappa shape index (κ1) is 12.3. The van der Waals surface area contributed by atoms with E-state index in [0.717, 1.165) is 11.1 Å². The van der Waals surface area contributed by atoms with Crippen LogP contribution in [0.4, 0.5) is 0 Å². The maximum absolute atomic E-state index is 9.28. The summed E-state index contributed by atoms with van der Waals surface area (Å²) >= 11 is 3.30. The number of oxime groups is 1. The number of allylic oxidation sites excluding steroid dienone is 6. The lowest BCUT2D eigenvalue weighted by molar-refractivity contribution is 0.320. The van der Waals surface area contributed by atoms with Crippen LogP contribution in [0.2, 0.25) is 0 Å². The Labute approximate surface area is 113 Å². The second kappa shape index (κ2) is 5.48. The molecule has 4 heteroatoms. The highest BCUT2D eigenvalue weighted by molar-refractivity contribution is 9.12. The van der Waals surface area contributed by atoms with Crippen LogP contribution in [0.15, 0.2) is 63.8 Å². The molecule has 1 aliphatic rings. The number of nitrogens with zero attached hydrogens (tertiary/aromatic N) is 2. The minimum atomic E-state index is 0.434. The van der Waals surface area contributed by atoms with Gasteiger partial charge >= 0.3 is 0 Å². The molecular formula is C14H9BrN2O. The monoisotopic (exact) mass is 300 g/mol. The maximum Gasteiger partial charge on any atom is 0.116 e. The Bertz CT molecular complexity index is 619. The zero-order valence-electron chi connectivity index (χ0n) is 9.34. The van der Waals surface area contributed by atoms with Gasteiger partial charge < -0.3 is 5.21 Å². The first-order chi connectivity index (χ1) is 8.76. The predicted molar refractivity (Wildman–Crippen MR) is 74.3 cm³/mol. The van der Waals surface area contributed by atoms with Gasteiger partial charge in [-0.25, -0.2) is 0 Å². The van der Waals surface area contributed by atoms with Crippen molar-refractivity contribution in [3.05, 3.63) is 64.2 Å². The molecule has 0 aliphatic heterocycles.